The zero-order chi connectivity index (χ0) is 35.5. The molecule has 2 nitrogen and oxygen atoms in total. The monoisotopic (exact) mass is 824 g/mol. The smallest absolute Gasteiger partial charge is 1.00 e. The standard InChI is InChI=1S/2C25H18N.2ClH.Zr/c2*1-17-9-12-25(26-16-17)22-14-20-7-4-8-23(24(20)15-22)21-11-10-18-5-2-3-6-19(18)13-21;;;/h2*2-16H,1H3;2*1H;/q;;;;+2/p-2. The van der Waals surface area contributed by atoms with Crippen LogP contribution in [0.2, 0.25) is 0 Å². The molecule has 0 amide bonds. The van der Waals surface area contributed by atoms with E-state index in [1.54, 1.807) is 0 Å². The van der Waals surface area contributed by atoms with Gasteiger partial charge >= 0.3 is 324 Å². The molecule has 2 unspecified atom stereocenters. The van der Waals surface area contributed by atoms with Crippen molar-refractivity contribution < 1.29 is 48.0 Å². The van der Waals surface area contributed by atoms with Gasteiger partial charge in [0.15, 0.2) is 0 Å². The van der Waals surface area contributed by atoms with Gasteiger partial charge < -0.3 is 24.8 Å². The van der Waals surface area contributed by atoms with Gasteiger partial charge in [0.1, 0.15) is 0 Å². The van der Waals surface area contributed by atoms with Gasteiger partial charge in [0.05, 0.1) is 0 Å². The summed E-state index contributed by atoms with van der Waals surface area (Å²) in [4.78, 5) is 10.1. The Labute approximate surface area is 346 Å². The molecule has 2 atom stereocenters. The third-order valence-electron chi connectivity index (χ3n) is 11.0. The van der Waals surface area contributed by atoms with Crippen molar-refractivity contribution in [2.75, 3.05) is 0 Å². The predicted octanol–water partition coefficient (Wildman–Crippen LogP) is 6.72. The van der Waals surface area contributed by atoms with E-state index in [4.69, 9.17) is 9.97 Å². The van der Waals surface area contributed by atoms with Crippen molar-refractivity contribution in [2.45, 2.75) is 21.1 Å². The molecule has 0 saturated heterocycles. The van der Waals surface area contributed by atoms with Crippen LogP contribution in [0.5, 0.6) is 0 Å². The van der Waals surface area contributed by atoms with Crippen molar-refractivity contribution in [1.82, 2.24) is 9.97 Å². The summed E-state index contributed by atoms with van der Waals surface area (Å²) in [6, 6.07) is 53.9. The van der Waals surface area contributed by atoms with Crippen LogP contribution in [-0.4, -0.2) is 9.97 Å². The second-order valence-corrected chi connectivity index (χ2v) is 18.1. The molecule has 8 aromatic rings. The minimum atomic E-state index is -1.34. The topological polar surface area (TPSA) is 25.8 Å². The first-order chi connectivity index (χ1) is 26.1. The van der Waals surface area contributed by atoms with E-state index in [2.05, 4.69) is 172 Å². The Bertz CT molecular complexity index is 2590. The Kier molecular flexibility index (Phi) is 10.3. The van der Waals surface area contributed by atoms with Crippen LogP contribution in [0.4, 0.5) is 0 Å². The van der Waals surface area contributed by atoms with Gasteiger partial charge in [-0.2, -0.15) is 0 Å². The van der Waals surface area contributed by atoms with Crippen LogP contribution >= 0.6 is 0 Å². The number of pyridine rings is 2. The van der Waals surface area contributed by atoms with E-state index in [9.17, 15) is 0 Å². The second kappa shape index (κ2) is 15.3. The summed E-state index contributed by atoms with van der Waals surface area (Å²) in [5.41, 5.74) is 17.9. The fourth-order valence-electron chi connectivity index (χ4n) is 8.27. The normalized spacial score (nSPS) is 15.3. The zero-order valence-corrected chi connectivity index (χ0v) is 34.4. The number of rotatable bonds is 6. The van der Waals surface area contributed by atoms with Crippen LogP contribution < -0.4 is 24.8 Å². The van der Waals surface area contributed by atoms with Crippen molar-refractivity contribution in [3.05, 3.63) is 203 Å². The summed E-state index contributed by atoms with van der Waals surface area (Å²) < 4.78 is 0.636. The maximum absolute atomic E-state index is 5.05. The van der Waals surface area contributed by atoms with Crippen molar-refractivity contribution in [3.8, 4) is 22.3 Å². The number of hydrogen-bond donors (Lipinski definition) is 0. The molecule has 2 heterocycles. The van der Waals surface area contributed by atoms with E-state index in [0.29, 0.717) is 7.25 Å². The molecule has 0 fully saturated rings. The quantitative estimate of drug-likeness (QED) is 0.186. The number of nitrogens with zero attached hydrogens (tertiary/aromatic N) is 2. The van der Waals surface area contributed by atoms with Crippen molar-refractivity contribution in [3.63, 3.8) is 0 Å². The summed E-state index contributed by atoms with van der Waals surface area (Å²) in [7, 11) is 0. The molecule has 5 heteroatoms. The van der Waals surface area contributed by atoms with E-state index >= 15 is 0 Å². The number of benzene rings is 6. The number of aromatic nitrogens is 2. The first-order valence-electron chi connectivity index (χ1n) is 18.4. The van der Waals surface area contributed by atoms with Crippen LogP contribution in [0.3, 0.4) is 0 Å². The molecule has 0 saturated carbocycles. The van der Waals surface area contributed by atoms with Gasteiger partial charge in [0.2, 0.25) is 0 Å². The van der Waals surface area contributed by atoms with Gasteiger partial charge in [-0.1, -0.05) is 0 Å². The second-order valence-electron chi connectivity index (χ2n) is 14.4. The molecule has 264 valence electrons. The fourth-order valence-corrected chi connectivity index (χ4v) is 13.2. The van der Waals surface area contributed by atoms with Crippen LogP contribution in [0.25, 0.3) is 67.1 Å². The van der Waals surface area contributed by atoms with Crippen LogP contribution in [0.1, 0.15) is 52.0 Å². The van der Waals surface area contributed by atoms with Crippen LogP contribution in [-0.2, 0) is 23.2 Å². The molecule has 0 spiro atoms. The van der Waals surface area contributed by atoms with E-state index in [0.717, 1.165) is 11.4 Å². The zero-order valence-electron chi connectivity index (χ0n) is 30.5. The molecule has 0 radical (unpaired) electrons. The van der Waals surface area contributed by atoms with E-state index in [1.165, 1.54) is 88.3 Å². The molecule has 0 aliphatic heterocycles. The largest absolute Gasteiger partial charge is 1.00 e. The maximum Gasteiger partial charge on any atom is -1.00 e. The Hall–Kier alpha value is -4.92. The SMILES string of the molecule is Cc1ccc(C2=Cc3c(-c4ccc5ccccc5c4)cccc3[CH]2[Zr+2][CH]2C(c3ccc(C)cn3)=Cc3c(-c4ccc5ccccc5c4)cccc32)nc1.[Cl-].[Cl-]. The minimum absolute atomic E-state index is 0. The Balaban J connectivity index is 0.00000214. The van der Waals surface area contributed by atoms with E-state index < -0.39 is 23.2 Å². The van der Waals surface area contributed by atoms with Gasteiger partial charge in [-0.15, -0.1) is 0 Å². The van der Waals surface area contributed by atoms with Gasteiger partial charge in [-0.25, -0.2) is 0 Å². The molecule has 2 aliphatic carbocycles. The van der Waals surface area contributed by atoms with Crippen molar-refractivity contribution in [2.24, 2.45) is 0 Å². The van der Waals surface area contributed by atoms with E-state index in [-0.39, 0.29) is 24.8 Å². The van der Waals surface area contributed by atoms with Gasteiger partial charge in [0.25, 0.3) is 0 Å². The summed E-state index contributed by atoms with van der Waals surface area (Å²) in [6.07, 6.45) is 8.98. The molecule has 0 bridgehead atoms. The number of hydrogen-bond acceptors (Lipinski definition) is 2. The third kappa shape index (κ3) is 6.74. The van der Waals surface area contributed by atoms with Gasteiger partial charge in [-0.3, -0.25) is 0 Å². The Morgan fingerprint density at radius 3 is 1.29 bits per heavy atom. The predicted molar refractivity (Wildman–Crippen MR) is 218 cm³/mol. The average molecular weight is 827 g/mol. The molecular weight excluding hydrogens is 791 g/mol. The Morgan fingerprint density at radius 1 is 0.436 bits per heavy atom. The van der Waals surface area contributed by atoms with Crippen molar-refractivity contribution >= 4 is 44.8 Å². The van der Waals surface area contributed by atoms with Crippen molar-refractivity contribution in [1.29, 1.82) is 0 Å². The number of fused-ring (bicyclic) bond motifs is 4. The first kappa shape index (κ1) is 37.0. The molecule has 0 N–H and O–H groups in total. The van der Waals surface area contributed by atoms with Crippen LogP contribution in [0, 0.1) is 13.8 Å². The van der Waals surface area contributed by atoms with Gasteiger partial charge in [-0.05, 0) is 0 Å². The first-order valence-corrected chi connectivity index (χ1v) is 21.2. The molecule has 10 rings (SSSR count). The third-order valence-corrected chi connectivity index (χ3v) is 15.7. The molecule has 2 aliphatic rings. The molecule has 2 aromatic heterocycles. The molecule has 55 heavy (non-hydrogen) atoms. The average Bonchev–Trinajstić information content (AvgIpc) is 3.77. The summed E-state index contributed by atoms with van der Waals surface area (Å²) >= 11 is -1.34. The summed E-state index contributed by atoms with van der Waals surface area (Å²) in [5.74, 6) is 0. The van der Waals surface area contributed by atoms with Gasteiger partial charge in [0, 0.05) is 0 Å². The number of halogens is 2. The molecule has 6 aromatic carbocycles. The number of aryl methyl sites for hydroxylation is 2. The number of allylic oxidation sites excluding steroid dienone is 2. The summed E-state index contributed by atoms with van der Waals surface area (Å²) in [5, 5.41) is 5.07. The van der Waals surface area contributed by atoms with E-state index in [1.807, 2.05) is 12.4 Å². The van der Waals surface area contributed by atoms with Crippen LogP contribution in [0.15, 0.2) is 158 Å². The minimum Gasteiger partial charge on any atom is -1.00 e. The maximum atomic E-state index is 5.05. The summed E-state index contributed by atoms with van der Waals surface area (Å²) in [6.45, 7) is 4.24. The molecular formula is C50H36Cl2N2Zr. The Morgan fingerprint density at radius 2 is 0.873 bits per heavy atom. The fraction of sp³-hybridized carbons (Fsp3) is 0.0800.